The van der Waals surface area contributed by atoms with Gasteiger partial charge in [-0.3, -0.25) is 0 Å². The molecule has 2 nitrogen and oxygen atoms in total. The summed E-state index contributed by atoms with van der Waals surface area (Å²) in [5.74, 6) is 0. The highest BCUT2D eigenvalue weighted by molar-refractivity contribution is 8.20. The van der Waals surface area contributed by atoms with Gasteiger partial charge in [-0.1, -0.05) is 81.8 Å². The molecular formula is C42H24Cl2F18N2P3+. The standard InChI is InChI=1S/C42H24Cl2F18N2P3/c43-67(44,63-65(31-13-1-25(2-14-31)37(45,46)47,32-15-3-26(4-16-32)38(48,49)50)33-17-5-27(6-18-33)39(51,52)53)64-66(34-19-7-28(8-20-34)40(54,55)56,35-21-9-29(10-22-35)41(57,58)59)36-23-11-30(12-24-36)42(60,61)62/h1-24H/q+1. The average Bonchev–Trinajstić information content (AvgIpc) is 3.23. The van der Waals surface area contributed by atoms with E-state index >= 15 is 0 Å². The SMILES string of the molecule is FC(F)(F)c1ccc(P(=N[P+](Cl)(Cl)N=P(c2ccc(C(F)(F)F)cc2)(c2ccc(C(F)(F)F)cc2)c2ccc(C(F)(F)F)cc2)(c2ccc(C(F)(F)F)cc2)c2ccc(C(F)(F)F)cc2)cc1. The minimum absolute atomic E-state index is 0.344. The van der Waals surface area contributed by atoms with Crippen molar-refractivity contribution in [2.45, 2.75) is 37.1 Å². The van der Waals surface area contributed by atoms with Gasteiger partial charge in [0.1, 0.15) is 14.1 Å². The highest BCUT2D eigenvalue weighted by Gasteiger charge is 2.48. The highest BCUT2D eigenvalue weighted by atomic mass is 35.9. The van der Waals surface area contributed by atoms with Gasteiger partial charge in [-0.2, -0.15) is 79.0 Å². The summed E-state index contributed by atoms with van der Waals surface area (Å²) in [6.45, 7) is 0. The van der Waals surface area contributed by atoms with Crippen LogP contribution in [0.4, 0.5) is 79.0 Å². The van der Waals surface area contributed by atoms with Gasteiger partial charge in [0.15, 0.2) is 22.5 Å². The Kier molecular flexibility index (Phi) is 14.0. The summed E-state index contributed by atoms with van der Waals surface area (Å²) in [5, 5.41) is -2.06. The van der Waals surface area contributed by atoms with Crippen molar-refractivity contribution in [1.29, 1.82) is 0 Å². The molecule has 356 valence electrons. The molecular weight excluding hydrogens is 1040 g/mol. The summed E-state index contributed by atoms with van der Waals surface area (Å²) in [7, 11) is -9.11. The lowest BCUT2D eigenvalue weighted by Gasteiger charge is -2.28. The minimum Gasteiger partial charge on any atom is -0.166 e. The summed E-state index contributed by atoms with van der Waals surface area (Å²) >= 11 is 14.3. The first kappa shape index (κ1) is 51.9. The van der Waals surface area contributed by atoms with Crippen molar-refractivity contribution >= 4 is 74.7 Å². The van der Waals surface area contributed by atoms with Crippen molar-refractivity contribution in [3.8, 4) is 0 Å². The molecule has 0 heterocycles. The third-order valence-corrected chi connectivity index (χ3v) is 22.5. The van der Waals surface area contributed by atoms with Gasteiger partial charge in [-0.15, -0.1) is 0 Å². The van der Waals surface area contributed by atoms with E-state index in [1.54, 1.807) is 0 Å². The lowest BCUT2D eigenvalue weighted by atomic mass is 10.2. The molecule has 6 aromatic rings. The van der Waals surface area contributed by atoms with Crippen LogP contribution in [0.15, 0.2) is 155 Å². The Morgan fingerprint density at radius 1 is 0.254 bits per heavy atom. The first-order chi connectivity index (χ1) is 30.7. The fourth-order valence-electron chi connectivity index (χ4n) is 6.74. The van der Waals surface area contributed by atoms with E-state index in [1.165, 1.54) is 0 Å². The Hall–Kier alpha value is -4.47. The summed E-state index contributed by atoms with van der Waals surface area (Å²) in [5.41, 5.74) is -7.70. The maximum absolute atomic E-state index is 13.9. The van der Waals surface area contributed by atoms with Gasteiger partial charge in [0.25, 0.3) is 0 Å². The molecule has 0 radical (unpaired) electrons. The summed E-state index contributed by atoms with van der Waals surface area (Å²) in [4.78, 5) is 0. The van der Waals surface area contributed by atoms with E-state index in [4.69, 9.17) is 22.5 Å². The quantitative estimate of drug-likeness (QED) is 0.107. The van der Waals surface area contributed by atoms with Crippen LogP contribution in [0.25, 0.3) is 0 Å². The summed E-state index contributed by atoms with van der Waals surface area (Å²) < 4.78 is 260. The molecule has 0 spiro atoms. The second-order valence-electron chi connectivity index (χ2n) is 14.2. The molecule has 0 N–H and O–H groups in total. The van der Waals surface area contributed by atoms with Crippen LogP contribution in [0.1, 0.15) is 33.4 Å². The fraction of sp³-hybridized carbons (Fsp3) is 0.143. The molecule has 0 atom stereocenters. The molecule has 0 amide bonds. The Morgan fingerprint density at radius 2 is 0.373 bits per heavy atom. The van der Waals surface area contributed by atoms with E-state index in [9.17, 15) is 79.0 Å². The van der Waals surface area contributed by atoms with E-state index in [2.05, 4.69) is 9.03 Å². The van der Waals surface area contributed by atoms with Gasteiger partial charge < -0.3 is 0 Å². The highest BCUT2D eigenvalue weighted by Crippen LogP contribution is 2.81. The molecule has 0 aromatic heterocycles. The molecule has 0 aliphatic rings. The maximum Gasteiger partial charge on any atom is 0.441 e. The van der Waals surface area contributed by atoms with Gasteiger partial charge in [-0.25, -0.2) is 0 Å². The van der Waals surface area contributed by atoms with Crippen molar-refractivity contribution in [3.05, 3.63) is 179 Å². The van der Waals surface area contributed by atoms with E-state index < -0.39 is 90.8 Å². The molecule has 6 aromatic carbocycles. The normalized spacial score (nSPS) is 13.7. The van der Waals surface area contributed by atoms with Crippen molar-refractivity contribution in [1.82, 2.24) is 0 Å². The van der Waals surface area contributed by atoms with Gasteiger partial charge in [-0.05, 0) is 72.8 Å². The lowest BCUT2D eigenvalue weighted by molar-refractivity contribution is -0.138. The Labute approximate surface area is 377 Å². The van der Waals surface area contributed by atoms with Gasteiger partial charge >= 0.3 is 43.3 Å². The summed E-state index contributed by atoms with van der Waals surface area (Å²) in [6.07, 6.45) is -35.0. The minimum atomic E-state index is -5.00. The molecule has 0 saturated heterocycles. The number of nitrogens with zero attached hydrogens (tertiary/aromatic N) is 2. The van der Waals surface area contributed by atoms with E-state index in [-0.39, 0.29) is 31.8 Å². The first-order valence-electron chi connectivity index (χ1n) is 18.3. The zero-order valence-electron chi connectivity index (χ0n) is 32.7. The van der Waals surface area contributed by atoms with Crippen LogP contribution >= 0.6 is 42.9 Å². The molecule has 0 aliphatic carbocycles. The molecule has 0 saturated carbocycles. The monoisotopic (exact) mass is 1060 g/mol. The van der Waals surface area contributed by atoms with Crippen molar-refractivity contribution in [3.63, 3.8) is 0 Å². The van der Waals surface area contributed by atoms with Gasteiger partial charge in [0, 0.05) is 31.8 Å². The van der Waals surface area contributed by atoms with E-state index in [1.807, 2.05) is 0 Å². The topological polar surface area (TPSA) is 24.7 Å². The number of hydrogen-bond acceptors (Lipinski definition) is 2. The van der Waals surface area contributed by atoms with Crippen LogP contribution in [0, 0.1) is 0 Å². The molecule has 0 bridgehead atoms. The molecule has 6 rings (SSSR count). The van der Waals surface area contributed by atoms with Gasteiger partial charge in [0.2, 0.25) is 0 Å². The predicted octanol–water partition coefficient (Wildman–Crippen LogP) is 15.6. The van der Waals surface area contributed by atoms with Crippen molar-refractivity contribution < 1.29 is 79.0 Å². The van der Waals surface area contributed by atoms with Crippen LogP contribution in [0.3, 0.4) is 0 Å². The molecule has 67 heavy (non-hydrogen) atoms. The van der Waals surface area contributed by atoms with Gasteiger partial charge in [0.05, 0.1) is 33.4 Å². The van der Waals surface area contributed by atoms with Crippen molar-refractivity contribution in [2.75, 3.05) is 0 Å². The van der Waals surface area contributed by atoms with Crippen LogP contribution in [0.2, 0.25) is 0 Å². The second-order valence-corrected chi connectivity index (χ2v) is 25.5. The number of alkyl halides is 18. The predicted molar refractivity (Wildman–Crippen MR) is 224 cm³/mol. The average molecular weight is 1060 g/mol. The smallest absolute Gasteiger partial charge is 0.166 e. The Morgan fingerprint density at radius 3 is 0.478 bits per heavy atom. The second kappa shape index (κ2) is 18.1. The third-order valence-electron chi connectivity index (χ3n) is 9.89. The first-order valence-corrected chi connectivity index (χ1v) is 25.3. The molecule has 25 heteroatoms. The maximum atomic E-state index is 13.9. The molecule has 0 fully saturated rings. The number of rotatable bonds is 8. The van der Waals surface area contributed by atoms with Crippen molar-refractivity contribution in [2.24, 2.45) is 9.03 Å². The zero-order chi connectivity index (χ0) is 49.8. The Balaban J connectivity index is 1.85. The largest absolute Gasteiger partial charge is 0.441 e. The van der Waals surface area contributed by atoms with E-state index in [0.717, 1.165) is 72.8 Å². The number of halogens is 20. The van der Waals surface area contributed by atoms with Crippen LogP contribution in [-0.4, -0.2) is 0 Å². The molecule has 0 unspecified atom stereocenters. The zero-order valence-corrected chi connectivity index (χ0v) is 36.8. The molecule has 0 aliphatic heterocycles. The number of benzene rings is 6. The Bertz CT molecular complexity index is 2330. The van der Waals surface area contributed by atoms with E-state index in [0.29, 0.717) is 72.8 Å². The number of hydrogen-bond donors (Lipinski definition) is 0. The van der Waals surface area contributed by atoms with Crippen LogP contribution in [-0.2, 0) is 37.1 Å². The fourth-order valence-corrected chi connectivity index (χ4v) is 21.2. The lowest BCUT2D eigenvalue weighted by Crippen LogP contribution is -2.27. The van der Waals surface area contributed by atoms with Crippen LogP contribution in [0.5, 0.6) is 0 Å². The van der Waals surface area contributed by atoms with Crippen LogP contribution < -0.4 is 31.8 Å². The summed E-state index contributed by atoms with van der Waals surface area (Å²) in [6, 6.07) is 15.7. The third kappa shape index (κ3) is 11.2.